The average molecular weight is 346 g/mol. The van der Waals surface area contributed by atoms with Crippen molar-refractivity contribution >= 4 is 33.1 Å². The molecule has 5 heteroatoms. The van der Waals surface area contributed by atoms with Crippen molar-refractivity contribution in [3.05, 3.63) is 28.0 Å². The first kappa shape index (κ1) is 14.7. The fourth-order valence-corrected chi connectivity index (χ4v) is 3.19. The number of halogens is 2. The number of hydrogen-bond donors (Lipinski definition) is 1. The predicted molar refractivity (Wildman–Crippen MR) is 82.1 cm³/mol. The molecule has 0 unspecified atom stereocenters. The van der Waals surface area contributed by atoms with Crippen LogP contribution < -0.4 is 10.5 Å². The van der Waals surface area contributed by atoms with Crippen molar-refractivity contribution < 1.29 is 9.13 Å². The summed E-state index contributed by atoms with van der Waals surface area (Å²) >= 11 is 8.06. The molecule has 1 fully saturated rings. The number of ether oxygens (including phenoxy) is 1. The molecule has 0 spiro atoms. The van der Waals surface area contributed by atoms with Gasteiger partial charge in [0.25, 0.3) is 0 Å². The maximum absolute atomic E-state index is 14.2. The van der Waals surface area contributed by atoms with E-state index in [0.29, 0.717) is 5.56 Å². The monoisotopic (exact) mass is 345 g/mol. The minimum atomic E-state index is -0.422. The van der Waals surface area contributed by atoms with E-state index >= 15 is 0 Å². The molecule has 0 heterocycles. The van der Waals surface area contributed by atoms with Crippen LogP contribution in [0.4, 0.5) is 4.39 Å². The second-order valence-electron chi connectivity index (χ2n) is 4.83. The Balaban J connectivity index is 2.16. The van der Waals surface area contributed by atoms with E-state index < -0.39 is 5.82 Å². The summed E-state index contributed by atoms with van der Waals surface area (Å²) in [6.07, 6.45) is 6.89. The van der Waals surface area contributed by atoms with Crippen LogP contribution in [0.5, 0.6) is 5.75 Å². The lowest BCUT2D eigenvalue weighted by molar-refractivity contribution is 0.175. The standard InChI is InChI=1S/C14H17BrFNOS/c15-12-10(14(17)19)7-8-11(13(12)16)18-9-5-3-1-2-4-6-9/h7-9H,1-6H2,(H2,17,19). The zero-order chi connectivity index (χ0) is 13.8. The van der Waals surface area contributed by atoms with Crippen LogP contribution in [0, 0.1) is 5.82 Å². The molecule has 19 heavy (non-hydrogen) atoms. The molecule has 2 N–H and O–H groups in total. The van der Waals surface area contributed by atoms with E-state index in [1.165, 1.54) is 12.8 Å². The Hall–Kier alpha value is -0.680. The largest absolute Gasteiger partial charge is 0.487 e. The van der Waals surface area contributed by atoms with Crippen LogP contribution in [0.15, 0.2) is 16.6 Å². The molecule has 2 nitrogen and oxygen atoms in total. The Morgan fingerprint density at radius 1 is 1.26 bits per heavy atom. The van der Waals surface area contributed by atoms with Gasteiger partial charge in [-0.3, -0.25) is 0 Å². The third kappa shape index (κ3) is 3.66. The van der Waals surface area contributed by atoms with E-state index in [4.69, 9.17) is 22.7 Å². The number of hydrogen-bond acceptors (Lipinski definition) is 2. The maximum atomic E-state index is 14.2. The highest BCUT2D eigenvalue weighted by Gasteiger charge is 2.18. The first-order chi connectivity index (χ1) is 9.09. The molecule has 1 aromatic carbocycles. The third-order valence-corrected chi connectivity index (χ3v) is 4.40. The fourth-order valence-electron chi connectivity index (χ4n) is 2.35. The predicted octanol–water partition coefficient (Wildman–Crippen LogP) is 4.32. The van der Waals surface area contributed by atoms with Crippen molar-refractivity contribution in [3.63, 3.8) is 0 Å². The quantitative estimate of drug-likeness (QED) is 0.654. The van der Waals surface area contributed by atoms with Crippen molar-refractivity contribution in [2.24, 2.45) is 5.73 Å². The summed E-state index contributed by atoms with van der Waals surface area (Å²) in [4.78, 5) is 0.173. The van der Waals surface area contributed by atoms with Gasteiger partial charge >= 0.3 is 0 Å². The van der Waals surface area contributed by atoms with Crippen LogP contribution >= 0.6 is 28.1 Å². The van der Waals surface area contributed by atoms with E-state index in [1.54, 1.807) is 12.1 Å². The van der Waals surface area contributed by atoms with Crippen LogP contribution in [0.25, 0.3) is 0 Å². The highest BCUT2D eigenvalue weighted by Crippen LogP contribution is 2.31. The molecule has 0 aromatic heterocycles. The van der Waals surface area contributed by atoms with Gasteiger partial charge in [-0.05, 0) is 53.7 Å². The van der Waals surface area contributed by atoms with Crippen molar-refractivity contribution in [2.75, 3.05) is 0 Å². The molecule has 104 valence electrons. The van der Waals surface area contributed by atoms with Gasteiger partial charge in [-0.1, -0.05) is 25.1 Å². The first-order valence-electron chi connectivity index (χ1n) is 6.54. The molecule has 0 bridgehead atoms. The third-order valence-electron chi connectivity index (χ3n) is 3.41. The summed E-state index contributed by atoms with van der Waals surface area (Å²) in [6.45, 7) is 0. The molecule has 1 saturated carbocycles. The van der Waals surface area contributed by atoms with E-state index in [2.05, 4.69) is 15.9 Å². The van der Waals surface area contributed by atoms with Crippen molar-refractivity contribution in [3.8, 4) is 5.75 Å². The van der Waals surface area contributed by atoms with Crippen LogP contribution in [0.1, 0.15) is 44.1 Å². The summed E-state index contributed by atoms with van der Waals surface area (Å²) in [5.74, 6) is -0.145. The number of rotatable bonds is 3. The normalized spacial score (nSPS) is 16.9. The van der Waals surface area contributed by atoms with Gasteiger partial charge in [0.05, 0.1) is 10.6 Å². The Bertz CT molecular complexity index is 473. The van der Waals surface area contributed by atoms with Gasteiger partial charge in [-0.25, -0.2) is 4.39 Å². The van der Waals surface area contributed by atoms with Crippen LogP contribution in [0.2, 0.25) is 0 Å². The lowest BCUT2D eigenvalue weighted by Gasteiger charge is -2.18. The van der Waals surface area contributed by atoms with Crippen LogP contribution in [0.3, 0.4) is 0 Å². The summed E-state index contributed by atoms with van der Waals surface area (Å²) in [6, 6.07) is 3.31. The second kappa shape index (κ2) is 6.66. The summed E-state index contributed by atoms with van der Waals surface area (Å²) in [5.41, 5.74) is 6.03. The van der Waals surface area contributed by atoms with Crippen molar-refractivity contribution in [2.45, 2.75) is 44.6 Å². The van der Waals surface area contributed by atoms with Crippen LogP contribution in [-0.4, -0.2) is 11.1 Å². The number of nitrogens with two attached hydrogens (primary N) is 1. The van der Waals surface area contributed by atoms with Gasteiger partial charge in [0.2, 0.25) is 0 Å². The number of benzene rings is 1. The van der Waals surface area contributed by atoms with E-state index in [0.717, 1.165) is 25.7 Å². The van der Waals surface area contributed by atoms with E-state index in [9.17, 15) is 4.39 Å². The summed E-state index contributed by atoms with van der Waals surface area (Å²) in [7, 11) is 0. The van der Waals surface area contributed by atoms with E-state index in [-0.39, 0.29) is 21.3 Å². The van der Waals surface area contributed by atoms with Crippen LogP contribution in [-0.2, 0) is 0 Å². The number of thiocarbonyl (C=S) groups is 1. The molecule has 1 aliphatic carbocycles. The molecule has 0 saturated heterocycles. The summed E-state index contributed by atoms with van der Waals surface area (Å²) < 4.78 is 20.3. The first-order valence-corrected chi connectivity index (χ1v) is 7.74. The van der Waals surface area contributed by atoms with Gasteiger partial charge in [0, 0.05) is 5.56 Å². The molecule has 2 rings (SSSR count). The lowest BCUT2D eigenvalue weighted by atomic mass is 10.1. The molecular weight excluding hydrogens is 329 g/mol. The van der Waals surface area contributed by atoms with Gasteiger partial charge in [0.15, 0.2) is 11.6 Å². The Labute approximate surface area is 126 Å². The highest BCUT2D eigenvalue weighted by atomic mass is 79.9. The molecule has 1 aliphatic rings. The minimum absolute atomic E-state index is 0.111. The Kier molecular flexibility index (Phi) is 5.16. The fraction of sp³-hybridized carbons (Fsp3) is 0.500. The van der Waals surface area contributed by atoms with Gasteiger partial charge < -0.3 is 10.5 Å². The topological polar surface area (TPSA) is 35.2 Å². The van der Waals surface area contributed by atoms with Gasteiger partial charge in [-0.2, -0.15) is 0 Å². The van der Waals surface area contributed by atoms with Gasteiger partial charge in [0.1, 0.15) is 4.99 Å². The minimum Gasteiger partial charge on any atom is -0.487 e. The lowest BCUT2D eigenvalue weighted by Crippen LogP contribution is -2.17. The average Bonchev–Trinajstić information content (AvgIpc) is 2.63. The molecular formula is C14H17BrFNOS. The maximum Gasteiger partial charge on any atom is 0.179 e. The van der Waals surface area contributed by atoms with Gasteiger partial charge in [-0.15, -0.1) is 0 Å². The van der Waals surface area contributed by atoms with Crippen molar-refractivity contribution in [1.82, 2.24) is 0 Å². The van der Waals surface area contributed by atoms with E-state index in [1.807, 2.05) is 0 Å². The smallest absolute Gasteiger partial charge is 0.179 e. The zero-order valence-electron chi connectivity index (χ0n) is 10.6. The molecule has 1 aromatic rings. The van der Waals surface area contributed by atoms with Crippen molar-refractivity contribution in [1.29, 1.82) is 0 Å². The molecule has 0 radical (unpaired) electrons. The molecule has 0 amide bonds. The molecule has 0 aliphatic heterocycles. The Morgan fingerprint density at radius 3 is 2.47 bits per heavy atom. The zero-order valence-corrected chi connectivity index (χ0v) is 13.0. The Morgan fingerprint density at radius 2 is 1.89 bits per heavy atom. The SMILES string of the molecule is NC(=S)c1ccc(OC2CCCCCC2)c(F)c1Br. The highest BCUT2D eigenvalue weighted by molar-refractivity contribution is 9.10. The summed E-state index contributed by atoms with van der Waals surface area (Å²) in [5, 5.41) is 0. The molecule has 0 atom stereocenters. The second-order valence-corrected chi connectivity index (χ2v) is 6.07.